The fraction of sp³-hybridized carbons (Fsp3) is 0.625. The lowest BCUT2D eigenvalue weighted by atomic mass is 10.0. The first kappa shape index (κ1) is 14.0. The van der Waals surface area contributed by atoms with Gasteiger partial charge < -0.3 is 5.32 Å². The molecule has 4 heteroatoms. The Morgan fingerprint density at radius 2 is 1.85 bits per heavy atom. The first-order valence-electron chi connectivity index (χ1n) is 7.73. The monoisotopic (exact) mass is 277 g/mol. The van der Waals surface area contributed by atoms with E-state index >= 15 is 0 Å². The molecular formula is C16H24FN3. The van der Waals surface area contributed by atoms with Gasteiger partial charge >= 0.3 is 0 Å². The van der Waals surface area contributed by atoms with E-state index in [1.54, 1.807) is 12.1 Å². The van der Waals surface area contributed by atoms with Crippen molar-refractivity contribution in [2.45, 2.75) is 25.4 Å². The number of piperazine rings is 1. The van der Waals surface area contributed by atoms with E-state index in [-0.39, 0.29) is 5.82 Å². The van der Waals surface area contributed by atoms with Gasteiger partial charge in [0.25, 0.3) is 0 Å². The van der Waals surface area contributed by atoms with Crippen LogP contribution in [0.25, 0.3) is 0 Å². The van der Waals surface area contributed by atoms with Gasteiger partial charge in [0.2, 0.25) is 0 Å². The van der Waals surface area contributed by atoms with E-state index in [4.69, 9.17) is 0 Å². The Kier molecular flexibility index (Phi) is 4.65. The van der Waals surface area contributed by atoms with Crippen molar-refractivity contribution in [1.82, 2.24) is 15.1 Å². The molecule has 0 unspecified atom stereocenters. The predicted octanol–water partition coefficient (Wildman–Crippen LogP) is 1.70. The second-order valence-corrected chi connectivity index (χ2v) is 5.92. The molecule has 1 aromatic rings. The number of likely N-dealkylation sites (tertiary alicyclic amines) is 1. The van der Waals surface area contributed by atoms with Gasteiger partial charge in [-0.3, -0.25) is 9.80 Å². The molecule has 2 aliphatic rings. The fourth-order valence-electron chi connectivity index (χ4n) is 3.38. The summed E-state index contributed by atoms with van der Waals surface area (Å²) in [4.78, 5) is 5.09. The molecule has 0 spiro atoms. The average molecular weight is 277 g/mol. The highest BCUT2D eigenvalue weighted by Crippen LogP contribution is 2.19. The molecular weight excluding hydrogens is 253 g/mol. The van der Waals surface area contributed by atoms with Crippen LogP contribution >= 0.6 is 0 Å². The number of piperidine rings is 1. The normalized spacial score (nSPS) is 23.1. The van der Waals surface area contributed by atoms with Crippen LogP contribution in [0, 0.1) is 5.82 Å². The van der Waals surface area contributed by atoms with Crippen LogP contribution in [0.2, 0.25) is 0 Å². The molecule has 0 saturated carbocycles. The Labute approximate surface area is 120 Å². The number of hydrogen-bond acceptors (Lipinski definition) is 3. The van der Waals surface area contributed by atoms with Crippen molar-refractivity contribution in [2.75, 3.05) is 39.3 Å². The molecule has 2 saturated heterocycles. The molecule has 3 rings (SSSR count). The van der Waals surface area contributed by atoms with Crippen LogP contribution in [0.1, 0.15) is 18.4 Å². The lowest BCUT2D eigenvalue weighted by molar-refractivity contribution is 0.0947. The van der Waals surface area contributed by atoms with E-state index in [0.29, 0.717) is 0 Å². The molecule has 1 aromatic carbocycles. The van der Waals surface area contributed by atoms with E-state index in [9.17, 15) is 4.39 Å². The van der Waals surface area contributed by atoms with Gasteiger partial charge in [-0.05, 0) is 43.6 Å². The molecule has 0 aromatic heterocycles. The summed E-state index contributed by atoms with van der Waals surface area (Å²) in [5.74, 6) is -0.127. The smallest absolute Gasteiger partial charge is 0.123 e. The van der Waals surface area contributed by atoms with Crippen molar-refractivity contribution >= 4 is 0 Å². The molecule has 0 atom stereocenters. The van der Waals surface area contributed by atoms with Gasteiger partial charge in [-0.25, -0.2) is 4.39 Å². The van der Waals surface area contributed by atoms with Crippen molar-refractivity contribution in [2.24, 2.45) is 0 Å². The summed E-state index contributed by atoms with van der Waals surface area (Å²) in [6.07, 6.45) is 2.49. The van der Waals surface area contributed by atoms with Crippen LogP contribution in [0.5, 0.6) is 0 Å². The first-order chi connectivity index (χ1) is 9.81. The molecule has 2 heterocycles. The molecule has 0 amide bonds. The van der Waals surface area contributed by atoms with Gasteiger partial charge in [0.1, 0.15) is 5.82 Å². The Balaban J connectivity index is 1.48. The van der Waals surface area contributed by atoms with E-state index in [1.807, 2.05) is 6.07 Å². The Hall–Kier alpha value is -0.970. The van der Waals surface area contributed by atoms with Crippen molar-refractivity contribution < 1.29 is 4.39 Å². The molecule has 1 N–H and O–H groups in total. The van der Waals surface area contributed by atoms with Crippen molar-refractivity contribution in [1.29, 1.82) is 0 Å². The van der Waals surface area contributed by atoms with Crippen LogP contribution < -0.4 is 5.32 Å². The van der Waals surface area contributed by atoms with Gasteiger partial charge in [0.05, 0.1) is 0 Å². The van der Waals surface area contributed by atoms with E-state index < -0.39 is 0 Å². The van der Waals surface area contributed by atoms with Crippen molar-refractivity contribution in [3.05, 3.63) is 35.6 Å². The van der Waals surface area contributed by atoms with Gasteiger partial charge in [-0.1, -0.05) is 12.1 Å². The molecule has 2 aliphatic heterocycles. The fourth-order valence-corrected chi connectivity index (χ4v) is 3.38. The van der Waals surface area contributed by atoms with Crippen LogP contribution in [0.3, 0.4) is 0 Å². The standard InChI is InChI=1S/C16H24FN3/c17-15-3-1-2-14(12-15)13-19-8-4-16(5-9-19)20-10-6-18-7-11-20/h1-3,12,16,18H,4-11,13H2. The first-order valence-corrected chi connectivity index (χ1v) is 7.73. The Morgan fingerprint density at radius 1 is 1.10 bits per heavy atom. The Morgan fingerprint density at radius 3 is 2.55 bits per heavy atom. The lowest BCUT2D eigenvalue weighted by Crippen LogP contribution is -2.51. The van der Waals surface area contributed by atoms with Gasteiger partial charge in [0, 0.05) is 38.8 Å². The topological polar surface area (TPSA) is 18.5 Å². The van der Waals surface area contributed by atoms with E-state index in [2.05, 4.69) is 15.1 Å². The van der Waals surface area contributed by atoms with Crippen LogP contribution in [-0.2, 0) is 6.54 Å². The summed E-state index contributed by atoms with van der Waals surface area (Å²) in [6, 6.07) is 7.74. The van der Waals surface area contributed by atoms with E-state index in [1.165, 1.54) is 32.0 Å². The van der Waals surface area contributed by atoms with Crippen molar-refractivity contribution in [3.8, 4) is 0 Å². The van der Waals surface area contributed by atoms with Gasteiger partial charge in [-0.15, -0.1) is 0 Å². The minimum Gasteiger partial charge on any atom is -0.314 e. The molecule has 0 radical (unpaired) electrons. The highest BCUT2D eigenvalue weighted by atomic mass is 19.1. The minimum absolute atomic E-state index is 0.127. The van der Waals surface area contributed by atoms with Gasteiger partial charge in [0.15, 0.2) is 0 Å². The maximum Gasteiger partial charge on any atom is 0.123 e. The van der Waals surface area contributed by atoms with Crippen LogP contribution in [0.4, 0.5) is 4.39 Å². The summed E-state index contributed by atoms with van der Waals surface area (Å²) >= 11 is 0. The summed E-state index contributed by atoms with van der Waals surface area (Å²) in [5, 5.41) is 3.41. The molecule has 110 valence electrons. The largest absolute Gasteiger partial charge is 0.314 e. The molecule has 0 aliphatic carbocycles. The number of nitrogens with zero attached hydrogens (tertiary/aromatic N) is 2. The van der Waals surface area contributed by atoms with Crippen LogP contribution in [0.15, 0.2) is 24.3 Å². The average Bonchev–Trinajstić information content (AvgIpc) is 2.49. The number of hydrogen-bond donors (Lipinski definition) is 1. The van der Waals surface area contributed by atoms with Crippen molar-refractivity contribution in [3.63, 3.8) is 0 Å². The summed E-state index contributed by atoms with van der Waals surface area (Å²) < 4.78 is 13.2. The second-order valence-electron chi connectivity index (χ2n) is 5.92. The quantitative estimate of drug-likeness (QED) is 0.907. The maximum absolute atomic E-state index is 13.2. The summed E-state index contributed by atoms with van der Waals surface area (Å²) in [6.45, 7) is 7.78. The summed E-state index contributed by atoms with van der Waals surface area (Å²) in [5.41, 5.74) is 1.09. The number of benzene rings is 1. The van der Waals surface area contributed by atoms with Gasteiger partial charge in [-0.2, -0.15) is 0 Å². The number of halogens is 1. The minimum atomic E-state index is -0.127. The number of rotatable bonds is 3. The lowest BCUT2D eigenvalue weighted by Gasteiger charge is -2.40. The third-order valence-corrected chi connectivity index (χ3v) is 4.52. The molecule has 0 bridgehead atoms. The zero-order valence-corrected chi connectivity index (χ0v) is 12.0. The molecule has 20 heavy (non-hydrogen) atoms. The molecule has 2 fully saturated rings. The maximum atomic E-state index is 13.2. The highest BCUT2D eigenvalue weighted by Gasteiger charge is 2.25. The summed E-state index contributed by atoms with van der Waals surface area (Å²) in [7, 11) is 0. The third-order valence-electron chi connectivity index (χ3n) is 4.52. The predicted molar refractivity (Wildman–Crippen MR) is 79.1 cm³/mol. The zero-order chi connectivity index (χ0) is 13.8. The molecule has 3 nitrogen and oxygen atoms in total. The number of nitrogens with one attached hydrogen (secondary N) is 1. The third kappa shape index (κ3) is 3.57. The van der Waals surface area contributed by atoms with Crippen LogP contribution in [-0.4, -0.2) is 55.1 Å². The highest BCUT2D eigenvalue weighted by molar-refractivity contribution is 5.16. The zero-order valence-electron chi connectivity index (χ0n) is 12.0. The van der Waals surface area contributed by atoms with E-state index in [0.717, 1.165) is 44.3 Å². The SMILES string of the molecule is Fc1cccc(CN2CCC(N3CCNCC3)CC2)c1. The Bertz CT molecular complexity index is 423. The second kappa shape index (κ2) is 6.66.